The zero-order valence-corrected chi connectivity index (χ0v) is 15.8. The Morgan fingerprint density at radius 3 is 2.67 bits per heavy atom. The van der Waals surface area contributed by atoms with Crippen molar-refractivity contribution in [2.75, 3.05) is 11.4 Å². The number of carbonyl (C=O) groups is 2. The van der Waals surface area contributed by atoms with Crippen molar-refractivity contribution in [2.45, 2.75) is 51.7 Å². The van der Waals surface area contributed by atoms with Crippen molar-refractivity contribution < 1.29 is 18.7 Å². The molecule has 1 aliphatic rings. The van der Waals surface area contributed by atoms with Crippen LogP contribution in [0.1, 0.15) is 38.9 Å². The Kier molecular flexibility index (Phi) is 6.16. The fourth-order valence-corrected chi connectivity index (χ4v) is 3.21. The molecule has 0 aliphatic carbocycles. The number of fused-ring (bicyclic) bond motifs is 1. The summed E-state index contributed by atoms with van der Waals surface area (Å²) in [6, 6.07) is 11.1. The molecule has 6 heteroatoms. The summed E-state index contributed by atoms with van der Waals surface area (Å²) in [5.41, 5.74) is 0.702. The number of benzene rings is 1. The van der Waals surface area contributed by atoms with Gasteiger partial charge in [0, 0.05) is 18.9 Å². The van der Waals surface area contributed by atoms with E-state index in [-0.39, 0.29) is 24.4 Å². The lowest BCUT2D eigenvalue weighted by Gasteiger charge is -2.34. The van der Waals surface area contributed by atoms with Gasteiger partial charge in [-0.15, -0.1) is 0 Å². The van der Waals surface area contributed by atoms with Crippen LogP contribution in [0.4, 0.5) is 5.69 Å². The number of hydrogen-bond donors (Lipinski definition) is 1. The van der Waals surface area contributed by atoms with E-state index in [0.717, 1.165) is 18.6 Å². The molecule has 1 atom stereocenters. The Balaban J connectivity index is 1.73. The van der Waals surface area contributed by atoms with E-state index in [2.05, 4.69) is 5.32 Å². The minimum absolute atomic E-state index is 0.0533. The Labute approximate surface area is 159 Å². The van der Waals surface area contributed by atoms with Crippen LogP contribution in [0.25, 0.3) is 0 Å². The summed E-state index contributed by atoms with van der Waals surface area (Å²) < 4.78 is 11.2. The van der Waals surface area contributed by atoms with Crippen molar-refractivity contribution in [1.29, 1.82) is 0 Å². The molecule has 2 amide bonds. The number of aryl methyl sites for hydroxylation is 1. The van der Waals surface area contributed by atoms with Crippen molar-refractivity contribution in [1.82, 2.24) is 5.32 Å². The fraction of sp³-hybridized carbons (Fsp3) is 0.429. The van der Waals surface area contributed by atoms with Gasteiger partial charge in [0.05, 0.1) is 18.5 Å². The number of hydrogen-bond acceptors (Lipinski definition) is 4. The summed E-state index contributed by atoms with van der Waals surface area (Å²) >= 11 is 0. The number of para-hydroxylation sites is 2. The highest BCUT2D eigenvalue weighted by molar-refractivity contribution is 5.97. The minimum atomic E-state index is -0.715. The molecule has 1 aromatic heterocycles. The maximum atomic E-state index is 12.9. The molecule has 0 saturated carbocycles. The first-order chi connectivity index (χ1) is 13.1. The van der Waals surface area contributed by atoms with Crippen LogP contribution >= 0.6 is 0 Å². The molecule has 0 bridgehead atoms. The number of anilines is 1. The van der Waals surface area contributed by atoms with Gasteiger partial charge in [0.2, 0.25) is 5.91 Å². The van der Waals surface area contributed by atoms with Crippen LogP contribution in [0.5, 0.6) is 5.75 Å². The van der Waals surface area contributed by atoms with Gasteiger partial charge in [-0.25, -0.2) is 0 Å². The van der Waals surface area contributed by atoms with Gasteiger partial charge in [-0.05, 0) is 37.1 Å². The molecule has 1 aromatic carbocycles. The van der Waals surface area contributed by atoms with Crippen LogP contribution < -0.4 is 15.0 Å². The summed E-state index contributed by atoms with van der Waals surface area (Å²) in [5, 5.41) is 3.01. The number of carbonyl (C=O) groups excluding carboxylic acids is 2. The molecule has 0 radical (unpaired) electrons. The van der Waals surface area contributed by atoms with Crippen LogP contribution in [-0.2, 0) is 16.0 Å². The van der Waals surface area contributed by atoms with E-state index in [1.54, 1.807) is 17.2 Å². The molecule has 27 heavy (non-hydrogen) atoms. The predicted molar refractivity (Wildman–Crippen MR) is 103 cm³/mol. The third-order valence-electron chi connectivity index (χ3n) is 4.86. The van der Waals surface area contributed by atoms with Crippen LogP contribution in [0.2, 0.25) is 0 Å². The second-order valence-corrected chi connectivity index (χ2v) is 6.68. The topological polar surface area (TPSA) is 71.8 Å². The SMILES string of the molecule is CCC(CC)NC(=O)C1CN(C(=O)CCc2ccco2)c2ccccc2O1. The van der Waals surface area contributed by atoms with Crippen LogP contribution in [-0.4, -0.2) is 30.5 Å². The Bertz CT molecular complexity index is 768. The normalized spacial score (nSPS) is 16.0. The van der Waals surface area contributed by atoms with E-state index in [9.17, 15) is 9.59 Å². The number of rotatable bonds is 7. The van der Waals surface area contributed by atoms with Crippen molar-refractivity contribution in [3.63, 3.8) is 0 Å². The van der Waals surface area contributed by atoms with Gasteiger partial charge < -0.3 is 19.4 Å². The molecule has 0 fully saturated rings. The number of nitrogens with zero attached hydrogens (tertiary/aromatic N) is 1. The minimum Gasteiger partial charge on any atom is -0.477 e. The second-order valence-electron chi connectivity index (χ2n) is 6.68. The van der Waals surface area contributed by atoms with E-state index in [1.165, 1.54) is 0 Å². The van der Waals surface area contributed by atoms with E-state index >= 15 is 0 Å². The molecule has 2 heterocycles. The predicted octanol–water partition coefficient (Wildman–Crippen LogP) is 3.31. The molecule has 0 spiro atoms. The first-order valence-electron chi connectivity index (χ1n) is 9.51. The van der Waals surface area contributed by atoms with E-state index in [1.807, 2.05) is 44.2 Å². The molecule has 1 unspecified atom stereocenters. The molecular weight excluding hydrogens is 344 g/mol. The fourth-order valence-electron chi connectivity index (χ4n) is 3.21. The summed E-state index contributed by atoms with van der Waals surface area (Å²) in [6.45, 7) is 4.28. The van der Waals surface area contributed by atoms with E-state index in [0.29, 0.717) is 24.3 Å². The Morgan fingerprint density at radius 1 is 1.19 bits per heavy atom. The summed E-state index contributed by atoms with van der Waals surface area (Å²) in [4.78, 5) is 27.2. The molecule has 6 nitrogen and oxygen atoms in total. The lowest BCUT2D eigenvalue weighted by molar-refractivity contribution is -0.129. The van der Waals surface area contributed by atoms with Crippen molar-refractivity contribution in [3.05, 3.63) is 48.4 Å². The summed E-state index contributed by atoms with van der Waals surface area (Å²) in [7, 11) is 0. The second kappa shape index (κ2) is 8.75. The smallest absolute Gasteiger partial charge is 0.263 e. The quantitative estimate of drug-likeness (QED) is 0.812. The highest BCUT2D eigenvalue weighted by Gasteiger charge is 2.34. The number of furan rings is 1. The Hall–Kier alpha value is -2.76. The van der Waals surface area contributed by atoms with Gasteiger partial charge in [0.15, 0.2) is 6.10 Å². The lowest BCUT2D eigenvalue weighted by Crippen LogP contribution is -2.52. The average Bonchev–Trinajstić information content (AvgIpc) is 3.22. The third kappa shape index (κ3) is 4.51. The third-order valence-corrected chi connectivity index (χ3v) is 4.86. The zero-order valence-electron chi connectivity index (χ0n) is 15.8. The monoisotopic (exact) mass is 370 g/mol. The first kappa shape index (κ1) is 19.0. The van der Waals surface area contributed by atoms with Gasteiger partial charge in [-0.2, -0.15) is 0 Å². The molecular formula is C21H26N2O4. The standard InChI is InChI=1S/C21H26N2O4/c1-3-15(4-2)22-21(25)19-14-23(17-9-5-6-10-18(17)27-19)20(24)12-11-16-8-7-13-26-16/h5-10,13,15,19H,3-4,11-12,14H2,1-2H3,(H,22,25). The summed E-state index contributed by atoms with van der Waals surface area (Å²) in [6.07, 6.45) is 3.43. The number of amides is 2. The lowest BCUT2D eigenvalue weighted by atomic mass is 10.1. The molecule has 144 valence electrons. The van der Waals surface area contributed by atoms with Crippen molar-refractivity contribution in [3.8, 4) is 5.75 Å². The first-order valence-corrected chi connectivity index (χ1v) is 9.51. The van der Waals surface area contributed by atoms with E-state index in [4.69, 9.17) is 9.15 Å². The molecule has 3 rings (SSSR count). The van der Waals surface area contributed by atoms with Gasteiger partial charge in [-0.1, -0.05) is 26.0 Å². The maximum absolute atomic E-state index is 12.9. The molecule has 0 saturated heterocycles. The number of ether oxygens (including phenoxy) is 1. The van der Waals surface area contributed by atoms with E-state index < -0.39 is 6.10 Å². The molecule has 1 N–H and O–H groups in total. The maximum Gasteiger partial charge on any atom is 0.263 e. The van der Waals surface area contributed by atoms with Gasteiger partial charge in [0.1, 0.15) is 11.5 Å². The van der Waals surface area contributed by atoms with Crippen LogP contribution in [0.15, 0.2) is 47.1 Å². The van der Waals surface area contributed by atoms with Gasteiger partial charge >= 0.3 is 0 Å². The highest BCUT2D eigenvalue weighted by Crippen LogP contribution is 2.33. The van der Waals surface area contributed by atoms with Crippen molar-refractivity contribution >= 4 is 17.5 Å². The Morgan fingerprint density at radius 2 is 1.96 bits per heavy atom. The zero-order chi connectivity index (χ0) is 19.2. The molecule has 1 aliphatic heterocycles. The average molecular weight is 370 g/mol. The van der Waals surface area contributed by atoms with Crippen LogP contribution in [0.3, 0.4) is 0 Å². The highest BCUT2D eigenvalue weighted by atomic mass is 16.5. The molecule has 2 aromatic rings. The van der Waals surface area contributed by atoms with Crippen molar-refractivity contribution in [2.24, 2.45) is 0 Å². The van der Waals surface area contributed by atoms with Gasteiger partial charge in [0.25, 0.3) is 5.91 Å². The largest absolute Gasteiger partial charge is 0.477 e. The van der Waals surface area contributed by atoms with Gasteiger partial charge in [-0.3, -0.25) is 9.59 Å². The number of nitrogens with one attached hydrogen (secondary N) is 1. The van der Waals surface area contributed by atoms with Crippen LogP contribution in [0, 0.1) is 0 Å². The summed E-state index contributed by atoms with van der Waals surface area (Å²) in [5.74, 6) is 1.09.